The number of likely N-dealkylation sites (tertiary alicyclic amines) is 1. The molecular formula is C14H22N2O2. The molecule has 1 aliphatic carbocycles. The smallest absolute Gasteiger partial charge is 0.233 e. The van der Waals surface area contributed by atoms with Gasteiger partial charge in [0.15, 0.2) is 0 Å². The van der Waals surface area contributed by atoms with Crippen LogP contribution >= 0.6 is 0 Å². The van der Waals surface area contributed by atoms with Crippen molar-refractivity contribution >= 4 is 11.8 Å². The Kier molecular flexibility index (Phi) is 3.37. The maximum Gasteiger partial charge on any atom is 0.233 e. The van der Waals surface area contributed by atoms with Crippen LogP contribution < -0.4 is 5.32 Å². The first-order valence-corrected chi connectivity index (χ1v) is 7.33. The minimum atomic E-state index is 0.0329. The monoisotopic (exact) mass is 250 g/mol. The van der Waals surface area contributed by atoms with E-state index in [1.54, 1.807) is 4.90 Å². The second kappa shape index (κ2) is 5.00. The maximum absolute atomic E-state index is 12.2. The van der Waals surface area contributed by atoms with Gasteiger partial charge in [-0.05, 0) is 51.1 Å². The maximum atomic E-state index is 12.2. The molecule has 0 aromatic carbocycles. The number of carbonyl (C=O) groups excluding carboxylic acids is 2. The summed E-state index contributed by atoms with van der Waals surface area (Å²) in [6, 6.07) is 0. The van der Waals surface area contributed by atoms with Crippen LogP contribution in [0.4, 0.5) is 0 Å². The van der Waals surface area contributed by atoms with Crippen LogP contribution in [-0.2, 0) is 9.59 Å². The molecule has 0 radical (unpaired) electrons. The second-order valence-electron chi connectivity index (χ2n) is 5.95. The van der Waals surface area contributed by atoms with Crippen LogP contribution in [0.25, 0.3) is 0 Å². The molecule has 2 heterocycles. The molecule has 18 heavy (non-hydrogen) atoms. The largest absolute Gasteiger partial charge is 0.317 e. The fourth-order valence-corrected chi connectivity index (χ4v) is 3.76. The van der Waals surface area contributed by atoms with Gasteiger partial charge in [-0.15, -0.1) is 0 Å². The Balaban J connectivity index is 1.56. The van der Waals surface area contributed by atoms with Gasteiger partial charge in [0.25, 0.3) is 0 Å². The highest BCUT2D eigenvalue weighted by atomic mass is 16.2. The van der Waals surface area contributed by atoms with Crippen LogP contribution in [-0.4, -0.2) is 36.3 Å². The van der Waals surface area contributed by atoms with Crippen molar-refractivity contribution in [1.82, 2.24) is 10.2 Å². The molecule has 2 saturated heterocycles. The van der Waals surface area contributed by atoms with E-state index in [4.69, 9.17) is 0 Å². The lowest BCUT2D eigenvalue weighted by molar-refractivity contribution is -0.140. The van der Waals surface area contributed by atoms with Gasteiger partial charge in [-0.2, -0.15) is 0 Å². The fourth-order valence-electron chi connectivity index (χ4n) is 3.76. The van der Waals surface area contributed by atoms with E-state index in [0.29, 0.717) is 12.5 Å². The van der Waals surface area contributed by atoms with E-state index in [1.807, 2.05) is 0 Å². The lowest BCUT2D eigenvalue weighted by atomic mass is 9.94. The molecule has 2 unspecified atom stereocenters. The Morgan fingerprint density at radius 3 is 2.22 bits per heavy atom. The zero-order valence-electron chi connectivity index (χ0n) is 10.9. The van der Waals surface area contributed by atoms with E-state index >= 15 is 0 Å². The van der Waals surface area contributed by atoms with Crippen molar-refractivity contribution in [2.75, 3.05) is 19.6 Å². The highest BCUT2D eigenvalue weighted by molar-refractivity contribution is 6.05. The molecule has 0 bridgehead atoms. The first-order valence-electron chi connectivity index (χ1n) is 7.33. The molecule has 3 fully saturated rings. The predicted octanol–water partition coefficient (Wildman–Crippen LogP) is 1.16. The molecule has 0 spiro atoms. The first-order chi connectivity index (χ1) is 8.77. The summed E-state index contributed by atoms with van der Waals surface area (Å²) < 4.78 is 0. The Morgan fingerprint density at radius 2 is 1.61 bits per heavy atom. The van der Waals surface area contributed by atoms with Gasteiger partial charge in [0.05, 0.1) is 11.8 Å². The number of hydrogen-bond acceptors (Lipinski definition) is 3. The number of fused-ring (bicyclic) bond motifs is 1. The molecule has 4 heteroatoms. The van der Waals surface area contributed by atoms with E-state index in [-0.39, 0.29) is 23.7 Å². The highest BCUT2D eigenvalue weighted by Gasteiger charge is 2.49. The summed E-state index contributed by atoms with van der Waals surface area (Å²) in [5.41, 5.74) is 0. The number of nitrogens with zero attached hydrogens (tertiary/aromatic N) is 1. The van der Waals surface area contributed by atoms with Gasteiger partial charge in [0, 0.05) is 6.54 Å². The topological polar surface area (TPSA) is 49.4 Å². The number of amides is 2. The van der Waals surface area contributed by atoms with Crippen molar-refractivity contribution in [1.29, 1.82) is 0 Å². The van der Waals surface area contributed by atoms with Crippen molar-refractivity contribution in [2.45, 2.75) is 38.5 Å². The summed E-state index contributed by atoms with van der Waals surface area (Å²) in [7, 11) is 0. The van der Waals surface area contributed by atoms with Crippen molar-refractivity contribution < 1.29 is 9.59 Å². The SMILES string of the molecule is O=C1C2CCCC2C(=O)N1CCC1CCNCC1. The van der Waals surface area contributed by atoms with E-state index in [0.717, 1.165) is 38.8 Å². The van der Waals surface area contributed by atoms with Crippen LogP contribution in [0.1, 0.15) is 38.5 Å². The number of piperidine rings is 1. The van der Waals surface area contributed by atoms with Gasteiger partial charge >= 0.3 is 0 Å². The van der Waals surface area contributed by atoms with Gasteiger partial charge < -0.3 is 5.32 Å². The summed E-state index contributed by atoms with van der Waals surface area (Å²) in [6.07, 6.45) is 6.28. The van der Waals surface area contributed by atoms with E-state index in [2.05, 4.69) is 5.32 Å². The third-order valence-electron chi connectivity index (χ3n) is 4.90. The third-order valence-corrected chi connectivity index (χ3v) is 4.90. The lowest BCUT2D eigenvalue weighted by Gasteiger charge is -2.24. The van der Waals surface area contributed by atoms with Crippen LogP contribution in [0.5, 0.6) is 0 Å². The standard InChI is InChI=1S/C14H22N2O2/c17-13-11-2-1-3-12(11)14(18)16(13)9-6-10-4-7-15-8-5-10/h10-12,15H,1-9H2. The summed E-state index contributed by atoms with van der Waals surface area (Å²) in [5, 5.41) is 3.35. The third kappa shape index (κ3) is 2.07. The summed E-state index contributed by atoms with van der Waals surface area (Å²) in [4.78, 5) is 25.9. The average molecular weight is 250 g/mol. The molecular weight excluding hydrogens is 228 g/mol. The Hall–Kier alpha value is -0.900. The number of rotatable bonds is 3. The molecule has 100 valence electrons. The molecule has 2 atom stereocenters. The number of carbonyl (C=O) groups is 2. The summed E-state index contributed by atoms with van der Waals surface area (Å²) >= 11 is 0. The second-order valence-corrected chi connectivity index (χ2v) is 5.95. The van der Waals surface area contributed by atoms with Gasteiger partial charge in [0.1, 0.15) is 0 Å². The quantitative estimate of drug-likeness (QED) is 0.765. The molecule has 2 amide bonds. The van der Waals surface area contributed by atoms with Crippen LogP contribution in [0.15, 0.2) is 0 Å². The molecule has 2 aliphatic heterocycles. The van der Waals surface area contributed by atoms with Crippen molar-refractivity contribution in [3.63, 3.8) is 0 Å². The minimum absolute atomic E-state index is 0.0329. The predicted molar refractivity (Wildman–Crippen MR) is 67.8 cm³/mol. The Bertz CT molecular complexity index is 328. The van der Waals surface area contributed by atoms with Crippen molar-refractivity contribution in [2.24, 2.45) is 17.8 Å². The van der Waals surface area contributed by atoms with Gasteiger partial charge in [-0.25, -0.2) is 0 Å². The average Bonchev–Trinajstić information content (AvgIpc) is 2.95. The molecule has 0 aromatic heterocycles. The van der Waals surface area contributed by atoms with Gasteiger partial charge in [-0.1, -0.05) is 6.42 Å². The van der Waals surface area contributed by atoms with Crippen molar-refractivity contribution in [3.05, 3.63) is 0 Å². The van der Waals surface area contributed by atoms with Gasteiger partial charge in [0.2, 0.25) is 11.8 Å². The first kappa shape index (κ1) is 12.2. The Labute approximate surface area is 108 Å². The molecule has 3 aliphatic rings. The number of hydrogen-bond donors (Lipinski definition) is 1. The Morgan fingerprint density at radius 1 is 1.00 bits per heavy atom. The zero-order valence-corrected chi connectivity index (χ0v) is 10.9. The van der Waals surface area contributed by atoms with Crippen LogP contribution in [0.2, 0.25) is 0 Å². The van der Waals surface area contributed by atoms with Crippen LogP contribution in [0, 0.1) is 17.8 Å². The number of nitrogens with one attached hydrogen (secondary N) is 1. The molecule has 4 nitrogen and oxygen atoms in total. The van der Waals surface area contributed by atoms with E-state index < -0.39 is 0 Å². The minimum Gasteiger partial charge on any atom is -0.317 e. The molecule has 1 N–H and O–H groups in total. The summed E-state index contributed by atoms with van der Waals surface area (Å²) in [5.74, 6) is 0.996. The summed E-state index contributed by atoms with van der Waals surface area (Å²) in [6.45, 7) is 2.82. The lowest BCUT2D eigenvalue weighted by Crippen LogP contribution is -2.35. The zero-order chi connectivity index (χ0) is 12.5. The highest BCUT2D eigenvalue weighted by Crippen LogP contribution is 2.39. The van der Waals surface area contributed by atoms with E-state index in [1.165, 1.54) is 12.8 Å². The fraction of sp³-hybridized carbons (Fsp3) is 0.857. The molecule has 1 saturated carbocycles. The van der Waals surface area contributed by atoms with Crippen LogP contribution in [0.3, 0.4) is 0 Å². The normalized spacial score (nSPS) is 33.2. The van der Waals surface area contributed by atoms with Gasteiger partial charge in [-0.3, -0.25) is 14.5 Å². The molecule has 3 rings (SSSR count). The van der Waals surface area contributed by atoms with Crippen molar-refractivity contribution in [3.8, 4) is 0 Å². The molecule has 0 aromatic rings. The number of imide groups is 1. The van der Waals surface area contributed by atoms with E-state index in [9.17, 15) is 9.59 Å².